The molecule has 0 saturated carbocycles. The Bertz CT molecular complexity index is 687. The standard InChI is InChI=1S/C13H14ClN3O2S/c1-20(18,19)17-13-7-6-11(9-16-13)15-8-10-4-2-3-5-12(10)14/h2-7,9,15H,8H2,1H3,(H,16,17). The molecule has 2 rings (SSSR count). The number of hydrogen-bond acceptors (Lipinski definition) is 4. The number of sulfonamides is 1. The van der Waals surface area contributed by atoms with Gasteiger partial charge in [-0.3, -0.25) is 4.72 Å². The van der Waals surface area contributed by atoms with Gasteiger partial charge in [0.1, 0.15) is 5.82 Å². The van der Waals surface area contributed by atoms with Gasteiger partial charge in [-0.05, 0) is 23.8 Å². The van der Waals surface area contributed by atoms with Crippen molar-refractivity contribution in [3.05, 3.63) is 53.2 Å². The van der Waals surface area contributed by atoms with Gasteiger partial charge in [-0.25, -0.2) is 13.4 Å². The highest BCUT2D eigenvalue weighted by Gasteiger charge is 2.03. The number of pyridine rings is 1. The maximum atomic E-state index is 11.1. The summed E-state index contributed by atoms with van der Waals surface area (Å²) >= 11 is 6.06. The molecule has 0 fully saturated rings. The summed E-state index contributed by atoms with van der Waals surface area (Å²) in [6.07, 6.45) is 2.64. The van der Waals surface area contributed by atoms with Crippen LogP contribution in [0.5, 0.6) is 0 Å². The van der Waals surface area contributed by atoms with Crippen LogP contribution in [-0.2, 0) is 16.6 Å². The minimum absolute atomic E-state index is 0.288. The van der Waals surface area contributed by atoms with Gasteiger partial charge < -0.3 is 5.32 Å². The molecule has 1 aromatic heterocycles. The molecule has 5 nitrogen and oxygen atoms in total. The van der Waals surface area contributed by atoms with E-state index in [1.807, 2.05) is 24.3 Å². The van der Waals surface area contributed by atoms with Crippen molar-refractivity contribution in [2.75, 3.05) is 16.3 Å². The molecule has 0 spiro atoms. The van der Waals surface area contributed by atoms with Crippen molar-refractivity contribution in [1.82, 2.24) is 4.98 Å². The number of halogens is 1. The molecule has 0 atom stereocenters. The number of nitrogens with zero attached hydrogens (tertiary/aromatic N) is 1. The maximum Gasteiger partial charge on any atom is 0.230 e. The van der Waals surface area contributed by atoms with Gasteiger partial charge in [-0.2, -0.15) is 0 Å². The van der Waals surface area contributed by atoms with Crippen molar-refractivity contribution in [3.63, 3.8) is 0 Å². The molecule has 1 aromatic carbocycles. The number of anilines is 2. The number of nitrogens with one attached hydrogen (secondary N) is 2. The second-order valence-corrected chi connectivity index (χ2v) is 6.41. The first kappa shape index (κ1) is 14.6. The van der Waals surface area contributed by atoms with Crippen LogP contribution in [0.25, 0.3) is 0 Å². The highest BCUT2D eigenvalue weighted by atomic mass is 35.5. The number of aromatic nitrogens is 1. The molecule has 0 amide bonds. The Morgan fingerprint density at radius 3 is 2.55 bits per heavy atom. The molecule has 0 unspecified atom stereocenters. The molecule has 1 heterocycles. The fourth-order valence-electron chi connectivity index (χ4n) is 1.59. The van der Waals surface area contributed by atoms with E-state index in [2.05, 4.69) is 15.0 Å². The fraction of sp³-hybridized carbons (Fsp3) is 0.154. The third kappa shape index (κ3) is 4.40. The average molecular weight is 312 g/mol. The lowest BCUT2D eigenvalue weighted by Crippen LogP contribution is -2.10. The van der Waals surface area contributed by atoms with Gasteiger partial charge in [0, 0.05) is 11.6 Å². The zero-order valence-corrected chi connectivity index (χ0v) is 12.4. The number of hydrogen-bond donors (Lipinski definition) is 2. The molecule has 2 aromatic rings. The van der Waals surface area contributed by atoms with Crippen LogP contribution >= 0.6 is 11.6 Å². The van der Waals surface area contributed by atoms with E-state index in [4.69, 9.17) is 11.6 Å². The third-order valence-electron chi connectivity index (χ3n) is 2.49. The molecule has 7 heteroatoms. The quantitative estimate of drug-likeness (QED) is 0.890. The minimum atomic E-state index is -3.30. The molecule has 0 aliphatic heterocycles. The normalized spacial score (nSPS) is 11.1. The summed E-state index contributed by atoms with van der Waals surface area (Å²) in [5.74, 6) is 0.288. The summed E-state index contributed by atoms with van der Waals surface area (Å²) in [7, 11) is -3.30. The lowest BCUT2D eigenvalue weighted by molar-refractivity contribution is 0.606. The molecule has 106 valence electrons. The van der Waals surface area contributed by atoms with Gasteiger partial charge in [-0.15, -0.1) is 0 Å². The van der Waals surface area contributed by atoms with E-state index in [-0.39, 0.29) is 5.82 Å². The first-order chi connectivity index (χ1) is 9.44. The number of benzene rings is 1. The SMILES string of the molecule is CS(=O)(=O)Nc1ccc(NCc2ccccc2Cl)cn1. The summed E-state index contributed by atoms with van der Waals surface area (Å²) in [4.78, 5) is 4.01. The van der Waals surface area contributed by atoms with Crippen LogP contribution < -0.4 is 10.0 Å². The summed E-state index contributed by atoms with van der Waals surface area (Å²) < 4.78 is 24.4. The second-order valence-electron chi connectivity index (χ2n) is 4.25. The van der Waals surface area contributed by atoms with Crippen molar-refractivity contribution in [2.24, 2.45) is 0 Å². The highest BCUT2D eigenvalue weighted by Crippen LogP contribution is 2.17. The first-order valence-corrected chi connectivity index (χ1v) is 8.12. The molecule has 0 aliphatic rings. The van der Waals surface area contributed by atoms with Gasteiger partial charge in [0.25, 0.3) is 0 Å². The molecular formula is C13H14ClN3O2S. The van der Waals surface area contributed by atoms with Crippen molar-refractivity contribution < 1.29 is 8.42 Å². The molecule has 0 bridgehead atoms. The lowest BCUT2D eigenvalue weighted by atomic mass is 10.2. The Balaban J connectivity index is 1.99. The predicted octanol–water partition coefficient (Wildman–Crippen LogP) is 2.72. The summed E-state index contributed by atoms with van der Waals surface area (Å²) in [6, 6.07) is 10.9. The van der Waals surface area contributed by atoms with Crippen molar-refractivity contribution in [2.45, 2.75) is 6.54 Å². The van der Waals surface area contributed by atoms with Gasteiger partial charge in [-0.1, -0.05) is 29.8 Å². The predicted molar refractivity (Wildman–Crippen MR) is 81.5 cm³/mol. The molecule has 0 saturated heterocycles. The van der Waals surface area contributed by atoms with Gasteiger partial charge in [0.05, 0.1) is 18.1 Å². The van der Waals surface area contributed by atoms with E-state index in [0.717, 1.165) is 17.5 Å². The van der Waals surface area contributed by atoms with Crippen LogP contribution in [0.1, 0.15) is 5.56 Å². The Morgan fingerprint density at radius 1 is 1.20 bits per heavy atom. The molecule has 0 radical (unpaired) electrons. The monoisotopic (exact) mass is 311 g/mol. The highest BCUT2D eigenvalue weighted by molar-refractivity contribution is 7.92. The Labute approximate surface area is 123 Å². The van der Waals surface area contributed by atoms with E-state index in [0.29, 0.717) is 11.6 Å². The zero-order chi connectivity index (χ0) is 14.6. The lowest BCUT2D eigenvalue weighted by Gasteiger charge is -2.08. The van der Waals surface area contributed by atoms with Crippen LogP contribution in [0.3, 0.4) is 0 Å². The van der Waals surface area contributed by atoms with Crippen molar-refractivity contribution >= 4 is 33.1 Å². The van der Waals surface area contributed by atoms with E-state index in [9.17, 15) is 8.42 Å². The third-order valence-corrected chi connectivity index (χ3v) is 3.44. The molecule has 0 aliphatic carbocycles. The topological polar surface area (TPSA) is 71.1 Å². The van der Waals surface area contributed by atoms with Gasteiger partial charge in [0.15, 0.2) is 0 Å². The van der Waals surface area contributed by atoms with Crippen LogP contribution in [0.2, 0.25) is 5.02 Å². The van der Waals surface area contributed by atoms with Crippen molar-refractivity contribution in [3.8, 4) is 0 Å². The minimum Gasteiger partial charge on any atom is -0.380 e. The fourth-order valence-corrected chi connectivity index (χ4v) is 2.29. The molecule has 20 heavy (non-hydrogen) atoms. The maximum absolute atomic E-state index is 11.1. The van der Waals surface area contributed by atoms with Crippen LogP contribution in [0.15, 0.2) is 42.6 Å². The van der Waals surface area contributed by atoms with Gasteiger partial charge >= 0.3 is 0 Å². The van der Waals surface area contributed by atoms with Gasteiger partial charge in [0.2, 0.25) is 10.0 Å². The van der Waals surface area contributed by atoms with Crippen LogP contribution in [0, 0.1) is 0 Å². The summed E-state index contributed by atoms with van der Waals surface area (Å²) in [5, 5.41) is 3.87. The van der Waals surface area contributed by atoms with Crippen LogP contribution in [0.4, 0.5) is 11.5 Å². The van der Waals surface area contributed by atoms with Crippen LogP contribution in [-0.4, -0.2) is 19.7 Å². The van der Waals surface area contributed by atoms with E-state index >= 15 is 0 Å². The Hall–Kier alpha value is -1.79. The smallest absolute Gasteiger partial charge is 0.230 e. The first-order valence-electron chi connectivity index (χ1n) is 5.85. The van der Waals surface area contributed by atoms with Crippen molar-refractivity contribution in [1.29, 1.82) is 0 Å². The summed E-state index contributed by atoms with van der Waals surface area (Å²) in [5.41, 5.74) is 1.76. The van der Waals surface area contributed by atoms with E-state index in [1.54, 1.807) is 18.3 Å². The summed E-state index contributed by atoms with van der Waals surface area (Å²) in [6.45, 7) is 0.570. The van der Waals surface area contributed by atoms with E-state index in [1.165, 1.54) is 0 Å². The largest absolute Gasteiger partial charge is 0.380 e. The van der Waals surface area contributed by atoms with E-state index < -0.39 is 10.0 Å². The molecular weight excluding hydrogens is 298 g/mol. The number of rotatable bonds is 5. The second kappa shape index (κ2) is 6.11. The zero-order valence-electron chi connectivity index (χ0n) is 10.8. The Kier molecular flexibility index (Phi) is 4.46. The average Bonchev–Trinajstić information content (AvgIpc) is 2.38. The molecule has 2 N–H and O–H groups in total. The Morgan fingerprint density at radius 2 is 1.95 bits per heavy atom.